The van der Waals surface area contributed by atoms with Gasteiger partial charge in [0.25, 0.3) is 11.8 Å². The third kappa shape index (κ3) is 4.32. The quantitative estimate of drug-likeness (QED) is 0.508. The van der Waals surface area contributed by atoms with Gasteiger partial charge in [-0.25, -0.2) is 4.90 Å². The van der Waals surface area contributed by atoms with Crippen LogP contribution in [0.3, 0.4) is 0 Å². The molecule has 0 fully saturated rings. The van der Waals surface area contributed by atoms with E-state index < -0.39 is 11.8 Å². The van der Waals surface area contributed by atoms with Crippen LogP contribution in [0.15, 0.2) is 78.9 Å². The number of anilines is 1. The zero-order valence-electron chi connectivity index (χ0n) is 15.7. The minimum absolute atomic E-state index is 0.0383. The summed E-state index contributed by atoms with van der Waals surface area (Å²) in [7, 11) is 0. The molecule has 0 radical (unpaired) electrons. The predicted molar refractivity (Wildman–Crippen MR) is 116 cm³/mol. The lowest BCUT2D eigenvalue weighted by molar-refractivity contribution is 0.0716. The maximum Gasteiger partial charge on any atom is 0.267 e. The minimum atomic E-state index is -0.475. The molecule has 0 aliphatic rings. The SMILES string of the molecule is Cc1ccc(C)c(NC(=S)N(C(=O)c2ccccc2)C(=O)c2ccccc2)c1. The second-order valence-corrected chi connectivity index (χ2v) is 6.81. The van der Waals surface area contributed by atoms with Gasteiger partial charge in [-0.1, -0.05) is 48.5 Å². The average Bonchev–Trinajstić information content (AvgIpc) is 2.72. The number of carbonyl (C=O) groups is 2. The first-order valence-corrected chi connectivity index (χ1v) is 9.25. The van der Waals surface area contributed by atoms with E-state index in [1.165, 1.54) is 0 Å². The molecule has 3 rings (SSSR count). The van der Waals surface area contributed by atoms with E-state index >= 15 is 0 Å². The molecule has 5 heteroatoms. The first kappa shape index (κ1) is 19.5. The predicted octanol–water partition coefficient (Wildman–Crippen LogP) is 4.98. The van der Waals surface area contributed by atoms with Crippen LogP contribution in [-0.2, 0) is 0 Å². The third-order valence-electron chi connectivity index (χ3n) is 4.29. The highest BCUT2D eigenvalue weighted by atomic mass is 32.1. The van der Waals surface area contributed by atoms with Gasteiger partial charge in [0.05, 0.1) is 0 Å². The normalized spacial score (nSPS) is 10.2. The van der Waals surface area contributed by atoms with Crippen molar-refractivity contribution in [1.82, 2.24) is 4.90 Å². The highest BCUT2D eigenvalue weighted by Crippen LogP contribution is 2.19. The van der Waals surface area contributed by atoms with E-state index in [2.05, 4.69) is 5.32 Å². The van der Waals surface area contributed by atoms with Crippen LogP contribution in [0.4, 0.5) is 5.69 Å². The Labute approximate surface area is 169 Å². The summed E-state index contributed by atoms with van der Waals surface area (Å²) in [6.45, 7) is 3.91. The molecule has 0 atom stereocenters. The van der Waals surface area contributed by atoms with Gasteiger partial charge in [-0.15, -0.1) is 0 Å². The Balaban J connectivity index is 1.98. The highest BCUT2D eigenvalue weighted by molar-refractivity contribution is 7.80. The first-order valence-electron chi connectivity index (χ1n) is 8.84. The van der Waals surface area contributed by atoms with Crippen molar-refractivity contribution >= 4 is 34.8 Å². The van der Waals surface area contributed by atoms with Crippen LogP contribution < -0.4 is 5.32 Å². The second-order valence-electron chi connectivity index (χ2n) is 6.43. The van der Waals surface area contributed by atoms with Crippen LogP contribution in [0, 0.1) is 13.8 Å². The fourth-order valence-electron chi connectivity index (χ4n) is 2.74. The van der Waals surface area contributed by atoms with Crippen molar-refractivity contribution in [3.05, 3.63) is 101 Å². The Morgan fingerprint density at radius 2 is 1.29 bits per heavy atom. The molecule has 3 aromatic rings. The Hall–Kier alpha value is -3.31. The molecule has 0 saturated heterocycles. The van der Waals surface area contributed by atoms with E-state index in [4.69, 9.17) is 12.2 Å². The van der Waals surface area contributed by atoms with Crippen molar-refractivity contribution in [1.29, 1.82) is 0 Å². The van der Waals surface area contributed by atoms with Gasteiger partial charge < -0.3 is 5.32 Å². The minimum Gasteiger partial charge on any atom is -0.332 e. The monoisotopic (exact) mass is 388 g/mol. The molecule has 3 aromatic carbocycles. The molecule has 28 heavy (non-hydrogen) atoms. The van der Waals surface area contributed by atoms with Gasteiger partial charge in [-0.05, 0) is 67.5 Å². The number of hydrogen-bond donors (Lipinski definition) is 1. The zero-order chi connectivity index (χ0) is 20.1. The number of aryl methyl sites for hydroxylation is 2. The fourth-order valence-corrected chi connectivity index (χ4v) is 3.01. The van der Waals surface area contributed by atoms with E-state index in [0.29, 0.717) is 11.1 Å². The smallest absolute Gasteiger partial charge is 0.267 e. The maximum absolute atomic E-state index is 13.1. The lowest BCUT2D eigenvalue weighted by atomic mass is 10.1. The molecule has 2 amide bonds. The van der Waals surface area contributed by atoms with Crippen LogP contribution in [0.25, 0.3) is 0 Å². The standard InChI is InChI=1S/C23H20N2O2S/c1-16-13-14-17(2)20(15-16)24-23(28)25(21(26)18-9-5-3-6-10-18)22(27)19-11-7-4-8-12-19/h3-15H,1-2H3,(H,24,28). The summed E-state index contributed by atoms with van der Waals surface area (Å²) in [6, 6.07) is 23.1. The lowest BCUT2D eigenvalue weighted by Gasteiger charge is -2.23. The molecular weight excluding hydrogens is 368 g/mol. The summed E-state index contributed by atoms with van der Waals surface area (Å²) in [4.78, 5) is 27.3. The number of imide groups is 1. The van der Waals surface area contributed by atoms with Gasteiger partial charge in [0, 0.05) is 16.8 Å². The number of benzene rings is 3. The Morgan fingerprint density at radius 3 is 1.79 bits per heavy atom. The summed E-state index contributed by atoms with van der Waals surface area (Å²) >= 11 is 5.49. The van der Waals surface area contributed by atoms with Crippen molar-refractivity contribution in [2.45, 2.75) is 13.8 Å². The number of nitrogens with one attached hydrogen (secondary N) is 1. The van der Waals surface area contributed by atoms with Crippen molar-refractivity contribution in [2.24, 2.45) is 0 Å². The fraction of sp³-hybridized carbons (Fsp3) is 0.0870. The molecule has 0 aliphatic heterocycles. The summed E-state index contributed by atoms with van der Waals surface area (Å²) in [5.41, 5.74) is 3.55. The van der Waals surface area contributed by atoms with E-state index in [0.717, 1.165) is 21.7 Å². The summed E-state index contributed by atoms with van der Waals surface area (Å²) < 4.78 is 0. The molecule has 0 bridgehead atoms. The second kappa shape index (κ2) is 8.59. The van der Waals surface area contributed by atoms with Gasteiger partial charge in [0.2, 0.25) is 0 Å². The first-order chi connectivity index (χ1) is 13.5. The van der Waals surface area contributed by atoms with Gasteiger partial charge in [-0.2, -0.15) is 0 Å². The molecule has 0 spiro atoms. The number of rotatable bonds is 3. The van der Waals surface area contributed by atoms with Crippen molar-refractivity contribution in [3.8, 4) is 0 Å². The molecule has 140 valence electrons. The summed E-state index contributed by atoms with van der Waals surface area (Å²) in [6.07, 6.45) is 0. The number of amides is 2. The Bertz CT molecular complexity index is 966. The highest BCUT2D eigenvalue weighted by Gasteiger charge is 2.28. The Kier molecular flexibility index (Phi) is 5.96. The summed E-state index contributed by atoms with van der Waals surface area (Å²) in [5.74, 6) is -0.950. The number of nitrogens with zero attached hydrogens (tertiary/aromatic N) is 1. The molecule has 4 nitrogen and oxygen atoms in total. The van der Waals surface area contributed by atoms with Crippen molar-refractivity contribution in [3.63, 3.8) is 0 Å². The van der Waals surface area contributed by atoms with Crippen LogP contribution >= 0.6 is 12.2 Å². The van der Waals surface area contributed by atoms with E-state index in [1.807, 2.05) is 44.2 Å². The van der Waals surface area contributed by atoms with Crippen molar-refractivity contribution < 1.29 is 9.59 Å². The van der Waals surface area contributed by atoms with Crippen LogP contribution in [0.5, 0.6) is 0 Å². The van der Waals surface area contributed by atoms with E-state index in [1.54, 1.807) is 48.5 Å². The largest absolute Gasteiger partial charge is 0.332 e. The van der Waals surface area contributed by atoms with E-state index in [-0.39, 0.29) is 5.11 Å². The van der Waals surface area contributed by atoms with Gasteiger partial charge >= 0.3 is 0 Å². The number of carbonyl (C=O) groups excluding carboxylic acids is 2. The molecule has 0 aliphatic carbocycles. The topological polar surface area (TPSA) is 49.4 Å². The Morgan fingerprint density at radius 1 is 0.786 bits per heavy atom. The van der Waals surface area contributed by atoms with Gasteiger partial charge in [0.15, 0.2) is 5.11 Å². The lowest BCUT2D eigenvalue weighted by Crippen LogP contribution is -2.44. The number of thiocarbonyl (C=S) groups is 1. The van der Waals surface area contributed by atoms with Crippen LogP contribution in [0.1, 0.15) is 31.8 Å². The zero-order valence-corrected chi connectivity index (χ0v) is 16.5. The molecule has 0 heterocycles. The third-order valence-corrected chi connectivity index (χ3v) is 4.57. The van der Waals surface area contributed by atoms with E-state index in [9.17, 15) is 9.59 Å². The molecule has 0 unspecified atom stereocenters. The summed E-state index contributed by atoms with van der Waals surface area (Å²) in [5, 5.41) is 3.11. The van der Waals surface area contributed by atoms with Crippen molar-refractivity contribution in [2.75, 3.05) is 5.32 Å². The molecular formula is C23H20N2O2S. The average molecular weight is 388 g/mol. The van der Waals surface area contributed by atoms with Crippen LogP contribution in [0.2, 0.25) is 0 Å². The van der Waals surface area contributed by atoms with Crippen LogP contribution in [-0.4, -0.2) is 21.8 Å². The van der Waals surface area contributed by atoms with Gasteiger partial charge in [-0.3, -0.25) is 9.59 Å². The maximum atomic E-state index is 13.1. The molecule has 1 N–H and O–H groups in total. The van der Waals surface area contributed by atoms with Gasteiger partial charge in [0.1, 0.15) is 0 Å². The number of hydrogen-bond acceptors (Lipinski definition) is 3. The molecule has 0 saturated carbocycles. The molecule has 0 aromatic heterocycles.